The van der Waals surface area contributed by atoms with Crippen LogP contribution < -0.4 is 5.32 Å². The third-order valence-corrected chi connectivity index (χ3v) is 3.68. The molecule has 0 saturated heterocycles. The first-order valence-corrected chi connectivity index (χ1v) is 6.77. The number of furan rings is 1. The summed E-state index contributed by atoms with van der Waals surface area (Å²) in [6, 6.07) is 5.73. The number of fused-ring (bicyclic) bond motifs is 3. The van der Waals surface area contributed by atoms with E-state index in [-0.39, 0.29) is 0 Å². The third kappa shape index (κ3) is 1.89. The van der Waals surface area contributed by atoms with E-state index < -0.39 is 0 Å². The summed E-state index contributed by atoms with van der Waals surface area (Å²) in [6.07, 6.45) is 4.34. The summed E-state index contributed by atoms with van der Waals surface area (Å²) in [5, 5.41) is 14.3. The molecule has 3 rings (SSSR count). The summed E-state index contributed by atoms with van der Waals surface area (Å²) < 4.78 is 5.95. The molecule has 0 fully saturated rings. The summed E-state index contributed by atoms with van der Waals surface area (Å²) in [4.78, 5) is 0. The van der Waals surface area contributed by atoms with Gasteiger partial charge >= 0.3 is 0 Å². The molecule has 96 valence electrons. The molecule has 1 aromatic heterocycles. The fraction of sp³-hybridized carbons (Fsp3) is 0.467. The molecule has 0 bridgehead atoms. The van der Waals surface area contributed by atoms with Gasteiger partial charge in [0.25, 0.3) is 0 Å². The number of hydrogen-bond donors (Lipinski definition) is 2. The highest BCUT2D eigenvalue weighted by atomic mass is 16.3. The van der Waals surface area contributed by atoms with Crippen molar-refractivity contribution in [2.75, 3.05) is 6.54 Å². The SMILES string of the molecule is CCCC1NCCCc2oc3ccc(O)cc3c21. The van der Waals surface area contributed by atoms with Crippen LogP contribution in [0.15, 0.2) is 22.6 Å². The number of benzene rings is 1. The number of phenols is 1. The highest BCUT2D eigenvalue weighted by molar-refractivity contribution is 5.84. The monoisotopic (exact) mass is 245 g/mol. The van der Waals surface area contributed by atoms with Crippen molar-refractivity contribution in [3.8, 4) is 5.75 Å². The highest BCUT2D eigenvalue weighted by Crippen LogP contribution is 2.36. The Hall–Kier alpha value is -1.48. The number of aromatic hydroxyl groups is 1. The molecule has 1 atom stereocenters. The Bertz CT molecular complexity index is 559. The predicted molar refractivity (Wildman–Crippen MR) is 71.9 cm³/mol. The van der Waals surface area contributed by atoms with Crippen molar-refractivity contribution in [3.05, 3.63) is 29.5 Å². The van der Waals surface area contributed by atoms with Crippen LogP contribution in [0.1, 0.15) is 43.6 Å². The maximum absolute atomic E-state index is 9.67. The van der Waals surface area contributed by atoms with E-state index in [1.54, 1.807) is 6.07 Å². The van der Waals surface area contributed by atoms with Gasteiger partial charge in [-0.25, -0.2) is 0 Å². The minimum absolute atomic E-state index is 0.311. The van der Waals surface area contributed by atoms with Gasteiger partial charge in [0.2, 0.25) is 0 Å². The van der Waals surface area contributed by atoms with Gasteiger partial charge in [0.1, 0.15) is 17.1 Å². The second kappa shape index (κ2) is 4.65. The van der Waals surface area contributed by atoms with E-state index in [9.17, 15) is 5.11 Å². The molecule has 2 aromatic rings. The Labute approximate surface area is 107 Å². The number of phenolic OH excluding ortho intramolecular Hbond substituents is 1. The van der Waals surface area contributed by atoms with Crippen molar-refractivity contribution < 1.29 is 9.52 Å². The maximum atomic E-state index is 9.67. The summed E-state index contributed by atoms with van der Waals surface area (Å²) in [7, 11) is 0. The first kappa shape index (κ1) is 11.6. The van der Waals surface area contributed by atoms with Crippen LogP contribution in [-0.2, 0) is 6.42 Å². The molecule has 3 heteroatoms. The zero-order chi connectivity index (χ0) is 12.5. The molecule has 1 aliphatic heterocycles. The predicted octanol–water partition coefficient (Wildman–Crippen LogP) is 3.52. The standard InChI is InChI=1S/C15H19NO2/c1-2-4-12-15-11-9-10(17)6-7-13(11)18-14(15)5-3-8-16-12/h6-7,9,12,16-17H,2-5,8H2,1H3. The van der Waals surface area contributed by atoms with Crippen molar-refractivity contribution in [2.45, 2.75) is 38.6 Å². The van der Waals surface area contributed by atoms with E-state index >= 15 is 0 Å². The Morgan fingerprint density at radius 3 is 3.17 bits per heavy atom. The lowest BCUT2D eigenvalue weighted by atomic mass is 9.99. The van der Waals surface area contributed by atoms with Crippen LogP contribution in [0.25, 0.3) is 11.0 Å². The molecule has 0 amide bonds. The fourth-order valence-electron chi connectivity index (χ4n) is 2.89. The van der Waals surface area contributed by atoms with Gasteiger partial charge in [0.05, 0.1) is 0 Å². The molecule has 0 saturated carbocycles. The Kier molecular flexibility index (Phi) is 3.00. The number of rotatable bonds is 2. The van der Waals surface area contributed by atoms with Gasteiger partial charge < -0.3 is 14.8 Å². The summed E-state index contributed by atoms with van der Waals surface area (Å²) in [6.45, 7) is 3.24. The summed E-state index contributed by atoms with van der Waals surface area (Å²) in [5.74, 6) is 1.41. The van der Waals surface area contributed by atoms with Crippen LogP contribution in [0.4, 0.5) is 0 Å². The van der Waals surface area contributed by atoms with E-state index in [1.807, 2.05) is 12.1 Å². The molecular weight excluding hydrogens is 226 g/mol. The molecule has 18 heavy (non-hydrogen) atoms. The first-order chi connectivity index (χ1) is 8.79. The van der Waals surface area contributed by atoms with Crippen LogP contribution >= 0.6 is 0 Å². The van der Waals surface area contributed by atoms with Crippen LogP contribution in [-0.4, -0.2) is 11.7 Å². The quantitative estimate of drug-likeness (QED) is 0.851. The summed E-state index contributed by atoms with van der Waals surface area (Å²) >= 11 is 0. The van der Waals surface area contributed by atoms with E-state index in [0.29, 0.717) is 11.8 Å². The lowest BCUT2D eigenvalue weighted by Crippen LogP contribution is -2.20. The second-order valence-corrected chi connectivity index (χ2v) is 5.02. The molecule has 0 aliphatic carbocycles. The largest absolute Gasteiger partial charge is 0.508 e. The molecule has 1 aromatic carbocycles. The Balaban J connectivity index is 2.17. The molecule has 3 nitrogen and oxygen atoms in total. The van der Waals surface area contributed by atoms with Gasteiger partial charge in [0, 0.05) is 23.4 Å². The fourth-order valence-corrected chi connectivity index (χ4v) is 2.89. The van der Waals surface area contributed by atoms with Gasteiger partial charge in [-0.2, -0.15) is 0 Å². The van der Waals surface area contributed by atoms with Gasteiger partial charge in [-0.15, -0.1) is 0 Å². The molecule has 0 radical (unpaired) electrons. The molecule has 2 heterocycles. The minimum atomic E-state index is 0.311. The third-order valence-electron chi connectivity index (χ3n) is 3.68. The molecule has 0 spiro atoms. The molecular formula is C15H19NO2. The van der Waals surface area contributed by atoms with Crippen LogP contribution in [0.3, 0.4) is 0 Å². The van der Waals surface area contributed by atoms with E-state index in [4.69, 9.17) is 4.42 Å². The average Bonchev–Trinajstić information content (AvgIpc) is 2.59. The van der Waals surface area contributed by atoms with Crippen molar-refractivity contribution >= 4 is 11.0 Å². The van der Waals surface area contributed by atoms with Crippen molar-refractivity contribution in [1.29, 1.82) is 0 Å². The smallest absolute Gasteiger partial charge is 0.134 e. The van der Waals surface area contributed by atoms with Gasteiger partial charge in [-0.1, -0.05) is 13.3 Å². The first-order valence-electron chi connectivity index (χ1n) is 6.77. The van der Waals surface area contributed by atoms with Crippen molar-refractivity contribution in [2.24, 2.45) is 0 Å². The van der Waals surface area contributed by atoms with Crippen molar-refractivity contribution in [3.63, 3.8) is 0 Å². The van der Waals surface area contributed by atoms with Crippen LogP contribution in [0.5, 0.6) is 5.75 Å². The summed E-state index contributed by atoms with van der Waals surface area (Å²) in [5.41, 5.74) is 2.16. The normalized spacial score (nSPS) is 19.7. The maximum Gasteiger partial charge on any atom is 0.134 e. The van der Waals surface area contributed by atoms with Gasteiger partial charge in [-0.3, -0.25) is 0 Å². The lowest BCUT2D eigenvalue weighted by molar-refractivity contribution is 0.475. The number of aryl methyl sites for hydroxylation is 1. The lowest BCUT2D eigenvalue weighted by Gasteiger charge is -2.15. The topological polar surface area (TPSA) is 45.4 Å². The van der Waals surface area contributed by atoms with E-state index in [1.165, 1.54) is 5.56 Å². The second-order valence-electron chi connectivity index (χ2n) is 5.02. The minimum Gasteiger partial charge on any atom is -0.508 e. The van der Waals surface area contributed by atoms with Gasteiger partial charge in [0.15, 0.2) is 0 Å². The highest BCUT2D eigenvalue weighted by Gasteiger charge is 2.24. The Morgan fingerprint density at radius 1 is 1.44 bits per heavy atom. The molecule has 2 N–H and O–H groups in total. The zero-order valence-corrected chi connectivity index (χ0v) is 10.7. The Morgan fingerprint density at radius 2 is 2.33 bits per heavy atom. The van der Waals surface area contributed by atoms with Crippen LogP contribution in [0, 0.1) is 0 Å². The van der Waals surface area contributed by atoms with Crippen LogP contribution in [0.2, 0.25) is 0 Å². The number of nitrogens with one attached hydrogen (secondary N) is 1. The molecule has 1 unspecified atom stereocenters. The zero-order valence-electron chi connectivity index (χ0n) is 10.7. The van der Waals surface area contributed by atoms with E-state index in [2.05, 4.69) is 12.2 Å². The molecule has 1 aliphatic rings. The average molecular weight is 245 g/mol. The van der Waals surface area contributed by atoms with E-state index in [0.717, 1.165) is 49.0 Å². The number of hydrogen-bond acceptors (Lipinski definition) is 3. The van der Waals surface area contributed by atoms with Gasteiger partial charge in [-0.05, 0) is 37.6 Å². The van der Waals surface area contributed by atoms with Crippen molar-refractivity contribution in [1.82, 2.24) is 5.32 Å².